The van der Waals surface area contributed by atoms with Gasteiger partial charge in [-0.25, -0.2) is 5.01 Å². The molecule has 4 heteroatoms. The minimum Gasteiger partial charge on any atom is -0.495 e. The number of hydrogen-bond donors (Lipinski definition) is 1. The maximum absolute atomic E-state index is 5.18. The smallest absolute Gasteiger partial charge is 0.137 e. The second-order valence-corrected chi connectivity index (χ2v) is 3.73. The Kier molecular flexibility index (Phi) is 3.18. The van der Waals surface area contributed by atoms with E-state index in [4.69, 9.17) is 4.74 Å². The van der Waals surface area contributed by atoms with Crippen LogP contribution in [0, 0.1) is 0 Å². The Bertz CT molecular complexity index is 329. The van der Waals surface area contributed by atoms with E-state index in [0.29, 0.717) is 6.04 Å². The van der Waals surface area contributed by atoms with Crippen molar-refractivity contribution in [2.75, 3.05) is 20.7 Å². The first-order valence-corrected chi connectivity index (χ1v) is 5.28. The third kappa shape index (κ3) is 2.11. The van der Waals surface area contributed by atoms with Crippen LogP contribution < -0.4 is 10.2 Å². The van der Waals surface area contributed by atoms with E-state index < -0.39 is 0 Å². The molecule has 1 atom stereocenters. The minimum atomic E-state index is 0.428. The monoisotopic (exact) mass is 207 g/mol. The summed E-state index contributed by atoms with van der Waals surface area (Å²) in [5.74, 6) is 0.829. The maximum atomic E-state index is 5.18. The van der Waals surface area contributed by atoms with Crippen LogP contribution in [0.5, 0.6) is 5.75 Å². The molecule has 0 amide bonds. The summed E-state index contributed by atoms with van der Waals surface area (Å²) in [7, 11) is 3.64. The molecule has 0 saturated carbocycles. The Morgan fingerprint density at radius 2 is 2.40 bits per heavy atom. The zero-order valence-corrected chi connectivity index (χ0v) is 9.23. The highest BCUT2D eigenvalue weighted by Gasteiger charge is 2.25. The molecular weight excluding hydrogens is 190 g/mol. The Morgan fingerprint density at radius 3 is 3.13 bits per heavy atom. The summed E-state index contributed by atoms with van der Waals surface area (Å²) in [6.45, 7) is 1.10. The average molecular weight is 207 g/mol. The van der Waals surface area contributed by atoms with Crippen molar-refractivity contribution in [1.29, 1.82) is 0 Å². The molecule has 2 heterocycles. The van der Waals surface area contributed by atoms with Crippen molar-refractivity contribution >= 4 is 0 Å². The molecular formula is C11H17N3O. The fraction of sp³-hybridized carbons (Fsp3) is 0.545. The molecule has 1 aliphatic rings. The number of hydrogen-bond acceptors (Lipinski definition) is 4. The molecule has 1 aromatic heterocycles. The second-order valence-electron chi connectivity index (χ2n) is 3.73. The number of ether oxygens (including phenoxy) is 1. The van der Waals surface area contributed by atoms with E-state index in [0.717, 1.165) is 12.3 Å². The number of pyridine rings is 1. The molecule has 1 aromatic rings. The number of methoxy groups -OCH3 is 1. The van der Waals surface area contributed by atoms with E-state index >= 15 is 0 Å². The molecule has 1 aliphatic heterocycles. The van der Waals surface area contributed by atoms with Crippen molar-refractivity contribution in [3.63, 3.8) is 0 Å². The van der Waals surface area contributed by atoms with Gasteiger partial charge in [-0.3, -0.25) is 10.4 Å². The van der Waals surface area contributed by atoms with Gasteiger partial charge in [-0.2, -0.15) is 0 Å². The quantitative estimate of drug-likeness (QED) is 0.812. The van der Waals surface area contributed by atoms with E-state index in [-0.39, 0.29) is 0 Å². The van der Waals surface area contributed by atoms with Crippen molar-refractivity contribution in [3.05, 3.63) is 24.0 Å². The van der Waals surface area contributed by atoms with Crippen LogP contribution >= 0.6 is 0 Å². The molecule has 82 valence electrons. The van der Waals surface area contributed by atoms with Crippen LogP contribution in [0.25, 0.3) is 0 Å². The van der Waals surface area contributed by atoms with Crippen LogP contribution in [0.4, 0.5) is 0 Å². The maximum Gasteiger partial charge on any atom is 0.137 e. The predicted molar refractivity (Wildman–Crippen MR) is 58.5 cm³/mol. The fourth-order valence-corrected chi connectivity index (χ4v) is 2.11. The molecule has 4 nitrogen and oxygen atoms in total. The molecule has 0 unspecified atom stereocenters. The van der Waals surface area contributed by atoms with Gasteiger partial charge in [0.25, 0.3) is 0 Å². The third-order valence-electron chi connectivity index (χ3n) is 2.89. The van der Waals surface area contributed by atoms with Gasteiger partial charge in [-0.05, 0) is 31.5 Å². The molecule has 1 fully saturated rings. The highest BCUT2D eigenvalue weighted by molar-refractivity contribution is 5.26. The summed E-state index contributed by atoms with van der Waals surface area (Å²) in [4.78, 5) is 4.19. The zero-order valence-electron chi connectivity index (χ0n) is 9.23. The summed E-state index contributed by atoms with van der Waals surface area (Å²) in [5.41, 5.74) is 4.44. The van der Waals surface area contributed by atoms with E-state index in [1.165, 1.54) is 18.4 Å². The Morgan fingerprint density at radius 1 is 1.53 bits per heavy atom. The van der Waals surface area contributed by atoms with Gasteiger partial charge >= 0.3 is 0 Å². The summed E-state index contributed by atoms with van der Waals surface area (Å²) < 4.78 is 5.18. The van der Waals surface area contributed by atoms with Gasteiger partial charge in [0.05, 0.1) is 19.3 Å². The van der Waals surface area contributed by atoms with Gasteiger partial charge in [0.1, 0.15) is 5.75 Å². The fourth-order valence-electron chi connectivity index (χ4n) is 2.11. The molecule has 1 N–H and O–H groups in total. The standard InChI is InChI=1S/C11H17N3O/c1-12-14-5-3-4-11(14)9-6-10(15-2)8-13-7-9/h6-8,11-12H,3-5H2,1-2H3/t11-/m1/s1. The predicted octanol–water partition coefficient (Wildman–Crippen LogP) is 1.36. The number of hydrazine groups is 1. The SMILES string of the molecule is CNN1CCC[C@@H]1c1cncc(OC)c1. The zero-order chi connectivity index (χ0) is 10.7. The van der Waals surface area contributed by atoms with E-state index in [2.05, 4.69) is 21.5 Å². The first kappa shape index (κ1) is 10.4. The summed E-state index contributed by atoms with van der Waals surface area (Å²) in [6, 6.07) is 2.49. The van der Waals surface area contributed by atoms with Crippen molar-refractivity contribution in [3.8, 4) is 5.75 Å². The summed E-state index contributed by atoms with van der Waals surface area (Å²) in [6.07, 6.45) is 6.06. The molecule has 0 spiro atoms. The Hall–Kier alpha value is -1.13. The largest absolute Gasteiger partial charge is 0.495 e. The molecule has 0 bridgehead atoms. The first-order chi connectivity index (χ1) is 7.35. The van der Waals surface area contributed by atoms with Crippen molar-refractivity contribution in [2.24, 2.45) is 0 Å². The van der Waals surface area contributed by atoms with E-state index in [1.807, 2.05) is 13.2 Å². The molecule has 0 aliphatic carbocycles. The van der Waals surface area contributed by atoms with E-state index in [1.54, 1.807) is 13.3 Å². The molecule has 0 aromatic carbocycles. The Labute approximate surface area is 90.2 Å². The normalized spacial score (nSPS) is 21.9. The number of rotatable bonds is 3. The summed E-state index contributed by atoms with van der Waals surface area (Å²) >= 11 is 0. The topological polar surface area (TPSA) is 37.4 Å². The van der Waals surface area contributed by atoms with Crippen LogP contribution in [0.3, 0.4) is 0 Å². The van der Waals surface area contributed by atoms with Gasteiger partial charge in [-0.1, -0.05) is 0 Å². The van der Waals surface area contributed by atoms with Gasteiger partial charge < -0.3 is 4.74 Å². The van der Waals surface area contributed by atoms with Crippen LogP contribution in [-0.2, 0) is 0 Å². The summed E-state index contributed by atoms with van der Waals surface area (Å²) in [5, 5.41) is 2.25. The van der Waals surface area contributed by atoms with E-state index in [9.17, 15) is 0 Å². The van der Waals surface area contributed by atoms with Crippen LogP contribution in [0.1, 0.15) is 24.4 Å². The lowest BCUT2D eigenvalue weighted by atomic mass is 10.1. The lowest BCUT2D eigenvalue weighted by Crippen LogP contribution is -2.34. The molecule has 2 rings (SSSR count). The van der Waals surface area contributed by atoms with Gasteiger partial charge in [-0.15, -0.1) is 0 Å². The highest BCUT2D eigenvalue weighted by Crippen LogP contribution is 2.30. The molecule has 1 saturated heterocycles. The Balaban J connectivity index is 2.20. The molecule has 0 radical (unpaired) electrons. The van der Waals surface area contributed by atoms with Crippen LogP contribution in [0.2, 0.25) is 0 Å². The average Bonchev–Trinajstić information content (AvgIpc) is 2.77. The number of nitrogens with one attached hydrogen (secondary N) is 1. The van der Waals surface area contributed by atoms with Crippen molar-refractivity contribution < 1.29 is 4.74 Å². The number of aromatic nitrogens is 1. The van der Waals surface area contributed by atoms with Crippen molar-refractivity contribution in [1.82, 2.24) is 15.4 Å². The lowest BCUT2D eigenvalue weighted by Gasteiger charge is -2.23. The van der Waals surface area contributed by atoms with Crippen LogP contribution in [-0.4, -0.2) is 30.7 Å². The lowest BCUT2D eigenvalue weighted by molar-refractivity contribution is 0.190. The van der Waals surface area contributed by atoms with Gasteiger partial charge in [0.2, 0.25) is 0 Å². The van der Waals surface area contributed by atoms with Gasteiger partial charge in [0.15, 0.2) is 0 Å². The van der Waals surface area contributed by atoms with Crippen LogP contribution in [0.15, 0.2) is 18.5 Å². The third-order valence-corrected chi connectivity index (χ3v) is 2.89. The second kappa shape index (κ2) is 4.59. The minimum absolute atomic E-state index is 0.428. The first-order valence-electron chi connectivity index (χ1n) is 5.28. The van der Waals surface area contributed by atoms with Crippen molar-refractivity contribution in [2.45, 2.75) is 18.9 Å². The highest BCUT2D eigenvalue weighted by atomic mass is 16.5. The molecule has 15 heavy (non-hydrogen) atoms. The number of nitrogens with zero attached hydrogens (tertiary/aromatic N) is 2. The van der Waals surface area contributed by atoms with Gasteiger partial charge in [0, 0.05) is 12.7 Å².